The number of rotatable bonds is 5. The van der Waals surface area contributed by atoms with Gasteiger partial charge in [0.05, 0.1) is 17.4 Å². The Labute approximate surface area is 161 Å². The number of ether oxygens (including phenoxy) is 1. The molecule has 7 nitrogen and oxygen atoms in total. The summed E-state index contributed by atoms with van der Waals surface area (Å²) in [5, 5.41) is 14.4. The van der Waals surface area contributed by atoms with Gasteiger partial charge in [0.2, 0.25) is 0 Å². The molecule has 138 valence electrons. The molecule has 0 unspecified atom stereocenters. The normalized spacial score (nSPS) is 14.3. The first-order valence-corrected chi connectivity index (χ1v) is 9.18. The average molecular weight is 384 g/mol. The highest BCUT2D eigenvalue weighted by atomic mass is 35.5. The van der Waals surface area contributed by atoms with Crippen LogP contribution in [-0.2, 0) is 0 Å². The van der Waals surface area contributed by atoms with Gasteiger partial charge in [-0.3, -0.25) is 4.79 Å². The number of carbonyl (C=O) groups excluding carboxylic acids is 1. The summed E-state index contributed by atoms with van der Waals surface area (Å²) in [5.41, 5.74) is 1.59. The summed E-state index contributed by atoms with van der Waals surface area (Å²) in [4.78, 5) is 12.8. The van der Waals surface area contributed by atoms with Gasteiger partial charge >= 0.3 is 0 Å². The number of amides is 1. The first kappa shape index (κ1) is 17.5. The number of hydrogen-bond donors (Lipinski definition) is 1. The third-order valence-corrected chi connectivity index (χ3v) is 4.75. The third-order valence-electron chi connectivity index (χ3n) is 4.52. The van der Waals surface area contributed by atoms with E-state index in [0.29, 0.717) is 28.1 Å². The highest BCUT2D eigenvalue weighted by Crippen LogP contribution is 2.25. The lowest BCUT2D eigenvalue weighted by molar-refractivity contribution is 0.102. The maximum Gasteiger partial charge on any atom is 0.257 e. The van der Waals surface area contributed by atoms with E-state index >= 15 is 0 Å². The van der Waals surface area contributed by atoms with Crippen molar-refractivity contribution in [3.63, 3.8) is 0 Å². The summed E-state index contributed by atoms with van der Waals surface area (Å²) in [7, 11) is 0. The Balaban J connectivity index is 1.50. The Kier molecular flexibility index (Phi) is 5.02. The van der Waals surface area contributed by atoms with Crippen molar-refractivity contribution < 1.29 is 9.53 Å². The molecule has 0 saturated heterocycles. The maximum absolute atomic E-state index is 12.8. The second-order valence-corrected chi connectivity index (χ2v) is 6.86. The topological polar surface area (TPSA) is 81.9 Å². The van der Waals surface area contributed by atoms with Gasteiger partial charge in [0.25, 0.3) is 5.91 Å². The number of halogens is 1. The number of anilines is 1. The molecule has 0 spiro atoms. The van der Waals surface area contributed by atoms with Crippen molar-refractivity contribution in [2.45, 2.75) is 31.8 Å². The summed E-state index contributed by atoms with van der Waals surface area (Å²) >= 11 is 6.07. The van der Waals surface area contributed by atoms with Gasteiger partial charge in [-0.15, -0.1) is 5.10 Å². The molecule has 0 aliphatic heterocycles. The van der Waals surface area contributed by atoms with Crippen LogP contribution < -0.4 is 10.1 Å². The number of benzene rings is 2. The number of tetrazole rings is 1. The summed E-state index contributed by atoms with van der Waals surface area (Å²) in [6.07, 6.45) is 6.38. The molecule has 0 radical (unpaired) electrons. The molecule has 2 aromatic carbocycles. The van der Waals surface area contributed by atoms with Crippen molar-refractivity contribution in [2.75, 3.05) is 5.32 Å². The number of hydrogen-bond acceptors (Lipinski definition) is 5. The quantitative estimate of drug-likeness (QED) is 0.722. The predicted molar refractivity (Wildman–Crippen MR) is 101 cm³/mol. The van der Waals surface area contributed by atoms with Gasteiger partial charge in [0, 0.05) is 10.7 Å². The van der Waals surface area contributed by atoms with Crippen molar-refractivity contribution >= 4 is 23.2 Å². The van der Waals surface area contributed by atoms with E-state index in [1.165, 1.54) is 23.9 Å². The van der Waals surface area contributed by atoms with Crippen LogP contribution in [-0.4, -0.2) is 32.2 Å². The number of aromatic nitrogens is 4. The minimum absolute atomic E-state index is 0.299. The lowest BCUT2D eigenvalue weighted by atomic mass is 10.1. The van der Waals surface area contributed by atoms with Crippen LogP contribution in [0.15, 0.2) is 48.8 Å². The molecule has 27 heavy (non-hydrogen) atoms. The molecule has 1 aromatic heterocycles. The van der Waals surface area contributed by atoms with Crippen LogP contribution in [0.2, 0.25) is 5.02 Å². The van der Waals surface area contributed by atoms with E-state index < -0.39 is 0 Å². The summed E-state index contributed by atoms with van der Waals surface area (Å²) in [5.74, 6) is 0.518. The SMILES string of the molecule is O=C(Nc1ccc(OC2CCCC2)cc1)c1cc(Cl)ccc1-n1cnnn1. The van der Waals surface area contributed by atoms with Gasteiger partial charge in [-0.1, -0.05) is 11.6 Å². The van der Waals surface area contributed by atoms with E-state index in [4.69, 9.17) is 16.3 Å². The molecule has 0 atom stereocenters. The molecule has 3 aromatic rings. The molecule has 1 fully saturated rings. The molecule has 1 saturated carbocycles. The molecule has 8 heteroatoms. The third kappa shape index (κ3) is 4.09. The average Bonchev–Trinajstić information content (AvgIpc) is 3.37. The Morgan fingerprint density at radius 2 is 1.93 bits per heavy atom. The highest BCUT2D eigenvalue weighted by molar-refractivity contribution is 6.31. The van der Waals surface area contributed by atoms with E-state index in [1.807, 2.05) is 24.3 Å². The molecular weight excluding hydrogens is 366 g/mol. The number of carbonyl (C=O) groups is 1. The molecule has 0 bridgehead atoms. The van der Waals surface area contributed by atoms with E-state index in [2.05, 4.69) is 20.8 Å². The molecule has 1 aliphatic rings. The fraction of sp³-hybridized carbons (Fsp3) is 0.263. The number of nitrogens with zero attached hydrogens (tertiary/aromatic N) is 4. The van der Waals surface area contributed by atoms with E-state index in [9.17, 15) is 4.79 Å². The Hall–Kier alpha value is -2.93. The van der Waals surface area contributed by atoms with Gasteiger partial charge in [-0.05, 0) is 78.6 Å². The predicted octanol–water partition coefficient (Wildman–Crippen LogP) is 3.89. The Bertz CT molecular complexity index is 922. The first-order chi connectivity index (χ1) is 13.2. The van der Waals surface area contributed by atoms with Crippen LogP contribution in [0.25, 0.3) is 5.69 Å². The fourth-order valence-electron chi connectivity index (χ4n) is 3.18. The van der Waals surface area contributed by atoms with Crippen LogP contribution in [0.4, 0.5) is 5.69 Å². The molecule has 1 amide bonds. The molecule has 1 aliphatic carbocycles. The molecular formula is C19H18ClN5O2. The summed E-state index contributed by atoms with van der Waals surface area (Å²) in [6, 6.07) is 12.4. The Morgan fingerprint density at radius 1 is 1.15 bits per heavy atom. The molecule has 1 heterocycles. The first-order valence-electron chi connectivity index (χ1n) is 8.80. The van der Waals surface area contributed by atoms with Crippen molar-refractivity contribution in [3.05, 3.63) is 59.4 Å². The fourth-order valence-corrected chi connectivity index (χ4v) is 3.35. The van der Waals surface area contributed by atoms with Gasteiger partial charge in [-0.25, -0.2) is 0 Å². The maximum atomic E-state index is 12.8. The van der Waals surface area contributed by atoms with Gasteiger partial charge in [0.1, 0.15) is 12.1 Å². The summed E-state index contributed by atoms with van der Waals surface area (Å²) in [6.45, 7) is 0. The van der Waals surface area contributed by atoms with E-state index in [-0.39, 0.29) is 5.91 Å². The molecule has 1 N–H and O–H groups in total. The minimum Gasteiger partial charge on any atom is -0.490 e. The van der Waals surface area contributed by atoms with Crippen LogP contribution in [0.5, 0.6) is 5.75 Å². The summed E-state index contributed by atoms with van der Waals surface area (Å²) < 4.78 is 7.37. The second-order valence-electron chi connectivity index (χ2n) is 6.42. The monoisotopic (exact) mass is 383 g/mol. The minimum atomic E-state index is -0.299. The van der Waals surface area contributed by atoms with Crippen molar-refractivity contribution in [2.24, 2.45) is 0 Å². The van der Waals surface area contributed by atoms with E-state index in [0.717, 1.165) is 18.6 Å². The van der Waals surface area contributed by atoms with E-state index in [1.54, 1.807) is 18.2 Å². The largest absolute Gasteiger partial charge is 0.490 e. The van der Waals surface area contributed by atoms with Crippen LogP contribution >= 0.6 is 11.6 Å². The lowest BCUT2D eigenvalue weighted by Gasteiger charge is -2.14. The van der Waals surface area contributed by atoms with Crippen molar-refractivity contribution in [3.8, 4) is 11.4 Å². The van der Waals surface area contributed by atoms with Gasteiger partial charge < -0.3 is 10.1 Å². The highest BCUT2D eigenvalue weighted by Gasteiger charge is 2.17. The van der Waals surface area contributed by atoms with Crippen molar-refractivity contribution in [1.82, 2.24) is 20.2 Å². The zero-order valence-electron chi connectivity index (χ0n) is 14.5. The zero-order chi connectivity index (χ0) is 18.6. The Morgan fingerprint density at radius 3 is 2.63 bits per heavy atom. The van der Waals surface area contributed by atoms with Gasteiger partial charge in [-0.2, -0.15) is 4.68 Å². The van der Waals surface area contributed by atoms with Crippen molar-refractivity contribution in [1.29, 1.82) is 0 Å². The number of nitrogens with one attached hydrogen (secondary N) is 1. The van der Waals surface area contributed by atoms with Crippen LogP contribution in [0.1, 0.15) is 36.0 Å². The standard InChI is InChI=1S/C19H18ClN5O2/c20-13-5-10-18(25-12-21-23-24-25)17(11-13)19(26)22-14-6-8-16(9-7-14)27-15-3-1-2-4-15/h5-12,15H,1-4H2,(H,22,26). The van der Waals surface area contributed by atoms with Crippen LogP contribution in [0.3, 0.4) is 0 Å². The lowest BCUT2D eigenvalue weighted by Crippen LogP contribution is -2.15. The smallest absolute Gasteiger partial charge is 0.257 e. The van der Waals surface area contributed by atoms with Crippen LogP contribution in [0, 0.1) is 0 Å². The zero-order valence-corrected chi connectivity index (χ0v) is 15.3. The molecule has 4 rings (SSSR count). The van der Waals surface area contributed by atoms with Gasteiger partial charge in [0.15, 0.2) is 0 Å². The second kappa shape index (κ2) is 7.75.